The first-order valence-corrected chi connectivity index (χ1v) is 7.96. The van der Waals surface area contributed by atoms with Crippen LogP contribution < -0.4 is 5.32 Å². The van der Waals surface area contributed by atoms with E-state index < -0.39 is 0 Å². The van der Waals surface area contributed by atoms with Crippen molar-refractivity contribution in [1.82, 2.24) is 10.2 Å². The third-order valence-corrected chi connectivity index (χ3v) is 4.75. The van der Waals surface area contributed by atoms with Gasteiger partial charge in [0.2, 0.25) is 11.8 Å². The summed E-state index contributed by atoms with van der Waals surface area (Å²) in [6.45, 7) is 4.53. The highest BCUT2D eigenvalue weighted by molar-refractivity contribution is 8.01. The predicted molar refractivity (Wildman–Crippen MR) is 81.2 cm³/mol. The molecule has 2 amide bonds. The van der Waals surface area contributed by atoms with Gasteiger partial charge in [0, 0.05) is 25.1 Å². The van der Waals surface area contributed by atoms with E-state index in [-0.39, 0.29) is 34.7 Å². The van der Waals surface area contributed by atoms with Crippen LogP contribution in [-0.4, -0.2) is 35.1 Å². The number of thioether (sulfide) groups is 1. The molecule has 1 fully saturated rings. The van der Waals surface area contributed by atoms with E-state index in [4.69, 9.17) is 0 Å². The Kier molecular flexibility index (Phi) is 5.22. The molecule has 1 N–H and O–H groups in total. The summed E-state index contributed by atoms with van der Waals surface area (Å²) in [6.07, 6.45) is 0.234. The Hall–Kier alpha value is -1.56. The molecule has 4 nitrogen and oxygen atoms in total. The molecule has 1 aromatic carbocycles. The molecule has 21 heavy (non-hydrogen) atoms. The Morgan fingerprint density at radius 3 is 2.81 bits per heavy atom. The molecule has 6 heteroatoms. The summed E-state index contributed by atoms with van der Waals surface area (Å²) < 4.78 is 14.0. The second-order valence-electron chi connectivity index (χ2n) is 4.89. The van der Waals surface area contributed by atoms with Crippen molar-refractivity contribution < 1.29 is 14.0 Å². The van der Waals surface area contributed by atoms with E-state index in [1.807, 2.05) is 13.8 Å². The quantitative estimate of drug-likeness (QED) is 0.908. The normalized spacial score (nSPS) is 21.7. The molecule has 0 spiro atoms. The van der Waals surface area contributed by atoms with Gasteiger partial charge in [-0.05, 0) is 19.9 Å². The molecular formula is C15H19FN2O2S. The standard InChI is InChI=1S/C15H19FN2O2S/c1-3-17-13(19)8-9-18-14(20)10(2)21-15(18)11-6-4-5-7-12(11)16/h4-7,10,15H,3,8-9H2,1-2H3,(H,17,19)/t10-,15-/m0/s1. The van der Waals surface area contributed by atoms with Gasteiger partial charge < -0.3 is 10.2 Å². The molecule has 0 bridgehead atoms. The van der Waals surface area contributed by atoms with E-state index >= 15 is 0 Å². The fraction of sp³-hybridized carbons (Fsp3) is 0.467. The zero-order valence-corrected chi connectivity index (χ0v) is 13.0. The first-order chi connectivity index (χ1) is 10.0. The summed E-state index contributed by atoms with van der Waals surface area (Å²) in [5.41, 5.74) is 0.496. The highest BCUT2D eigenvalue weighted by Gasteiger charge is 2.39. The van der Waals surface area contributed by atoms with Crippen molar-refractivity contribution in [3.05, 3.63) is 35.6 Å². The third kappa shape index (κ3) is 3.56. The SMILES string of the molecule is CCNC(=O)CCN1C(=O)[C@H](C)S[C@H]1c1ccccc1F. The van der Waals surface area contributed by atoms with E-state index in [9.17, 15) is 14.0 Å². The molecule has 2 rings (SSSR count). The molecule has 1 saturated heterocycles. The molecule has 1 aliphatic heterocycles. The van der Waals surface area contributed by atoms with Crippen LogP contribution in [0.25, 0.3) is 0 Å². The number of nitrogens with one attached hydrogen (secondary N) is 1. The monoisotopic (exact) mass is 310 g/mol. The van der Waals surface area contributed by atoms with Crippen LogP contribution in [0.4, 0.5) is 4.39 Å². The van der Waals surface area contributed by atoms with Crippen molar-refractivity contribution in [2.45, 2.75) is 30.9 Å². The minimum Gasteiger partial charge on any atom is -0.356 e. The Bertz CT molecular complexity index is 538. The van der Waals surface area contributed by atoms with Gasteiger partial charge in [0.25, 0.3) is 0 Å². The van der Waals surface area contributed by atoms with Crippen molar-refractivity contribution in [2.75, 3.05) is 13.1 Å². The summed E-state index contributed by atoms with van der Waals surface area (Å²) in [5, 5.41) is 2.13. The zero-order valence-electron chi connectivity index (χ0n) is 12.1. The topological polar surface area (TPSA) is 49.4 Å². The number of amides is 2. The molecule has 0 radical (unpaired) electrons. The van der Waals surface area contributed by atoms with Crippen LogP contribution in [0.5, 0.6) is 0 Å². The largest absolute Gasteiger partial charge is 0.356 e. The molecule has 0 aliphatic carbocycles. The number of carbonyl (C=O) groups excluding carboxylic acids is 2. The number of nitrogens with zero attached hydrogens (tertiary/aromatic N) is 1. The number of halogens is 1. The Balaban J connectivity index is 2.14. The number of benzene rings is 1. The van der Waals surface area contributed by atoms with Gasteiger partial charge in [-0.15, -0.1) is 11.8 Å². The van der Waals surface area contributed by atoms with Gasteiger partial charge in [-0.1, -0.05) is 18.2 Å². The maximum Gasteiger partial charge on any atom is 0.236 e. The van der Waals surface area contributed by atoms with Crippen LogP contribution in [0.1, 0.15) is 31.2 Å². The van der Waals surface area contributed by atoms with E-state index in [0.717, 1.165) is 0 Å². The number of hydrogen-bond acceptors (Lipinski definition) is 3. The van der Waals surface area contributed by atoms with Crippen molar-refractivity contribution in [3.63, 3.8) is 0 Å². The fourth-order valence-electron chi connectivity index (χ4n) is 2.33. The molecule has 0 aromatic heterocycles. The van der Waals surface area contributed by atoms with Gasteiger partial charge in [-0.25, -0.2) is 4.39 Å². The summed E-state index contributed by atoms with van der Waals surface area (Å²) in [4.78, 5) is 25.4. The summed E-state index contributed by atoms with van der Waals surface area (Å²) in [5.74, 6) is -0.459. The lowest BCUT2D eigenvalue weighted by Gasteiger charge is -2.24. The lowest BCUT2D eigenvalue weighted by Crippen LogP contribution is -2.34. The van der Waals surface area contributed by atoms with Crippen LogP contribution in [0.3, 0.4) is 0 Å². The molecule has 1 aliphatic rings. The zero-order chi connectivity index (χ0) is 15.4. The van der Waals surface area contributed by atoms with Gasteiger partial charge in [0.1, 0.15) is 11.2 Å². The average Bonchev–Trinajstić information content (AvgIpc) is 2.73. The molecule has 0 unspecified atom stereocenters. The Morgan fingerprint density at radius 1 is 1.43 bits per heavy atom. The van der Waals surface area contributed by atoms with E-state index in [1.165, 1.54) is 17.8 Å². The minimum atomic E-state index is -0.358. The lowest BCUT2D eigenvalue weighted by atomic mass is 10.2. The fourth-order valence-corrected chi connectivity index (χ4v) is 3.66. The van der Waals surface area contributed by atoms with Crippen LogP contribution in [0, 0.1) is 5.82 Å². The Labute approximate surface area is 128 Å². The lowest BCUT2D eigenvalue weighted by molar-refractivity contribution is -0.130. The first kappa shape index (κ1) is 15.8. The number of rotatable bonds is 5. The van der Waals surface area contributed by atoms with E-state index in [2.05, 4.69) is 5.32 Å². The van der Waals surface area contributed by atoms with Crippen molar-refractivity contribution in [3.8, 4) is 0 Å². The van der Waals surface area contributed by atoms with Crippen LogP contribution in [-0.2, 0) is 9.59 Å². The van der Waals surface area contributed by atoms with E-state index in [1.54, 1.807) is 23.1 Å². The van der Waals surface area contributed by atoms with Gasteiger partial charge in [-0.3, -0.25) is 9.59 Å². The summed E-state index contributed by atoms with van der Waals surface area (Å²) in [7, 11) is 0. The Morgan fingerprint density at radius 2 is 2.14 bits per heavy atom. The van der Waals surface area contributed by atoms with Gasteiger partial charge in [0.05, 0.1) is 5.25 Å². The van der Waals surface area contributed by atoms with Crippen LogP contribution >= 0.6 is 11.8 Å². The minimum absolute atomic E-state index is 0.0439. The van der Waals surface area contributed by atoms with Crippen LogP contribution in [0.2, 0.25) is 0 Å². The van der Waals surface area contributed by atoms with Crippen molar-refractivity contribution >= 4 is 23.6 Å². The highest BCUT2D eigenvalue weighted by atomic mass is 32.2. The van der Waals surface area contributed by atoms with Gasteiger partial charge in [-0.2, -0.15) is 0 Å². The second kappa shape index (κ2) is 6.93. The summed E-state index contributed by atoms with van der Waals surface area (Å²) >= 11 is 1.42. The number of hydrogen-bond donors (Lipinski definition) is 1. The average molecular weight is 310 g/mol. The maximum absolute atomic E-state index is 14.0. The molecule has 2 atom stereocenters. The van der Waals surface area contributed by atoms with Gasteiger partial charge in [0.15, 0.2) is 0 Å². The molecule has 0 saturated carbocycles. The van der Waals surface area contributed by atoms with Crippen molar-refractivity contribution in [2.24, 2.45) is 0 Å². The highest BCUT2D eigenvalue weighted by Crippen LogP contribution is 2.43. The molecule has 1 aromatic rings. The van der Waals surface area contributed by atoms with Crippen molar-refractivity contribution in [1.29, 1.82) is 0 Å². The molecule has 1 heterocycles. The van der Waals surface area contributed by atoms with Crippen LogP contribution in [0.15, 0.2) is 24.3 Å². The third-order valence-electron chi connectivity index (χ3n) is 3.37. The van der Waals surface area contributed by atoms with E-state index in [0.29, 0.717) is 18.7 Å². The number of carbonyl (C=O) groups is 2. The smallest absolute Gasteiger partial charge is 0.236 e. The first-order valence-electron chi connectivity index (χ1n) is 7.01. The molecular weight excluding hydrogens is 291 g/mol. The maximum atomic E-state index is 14.0. The second-order valence-corrected chi connectivity index (χ2v) is 6.31. The predicted octanol–water partition coefficient (Wildman–Crippen LogP) is 2.31. The van der Waals surface area contributed by atoms with Gasteiger partial charge >= 0.3 is 0 Å². The molecule has 114 valence electrons. The summed E-state index contributed by atoms with van der Waals surface area (Å²) in [6, 6.07) is 6.47.